The van der Waals surface area contributed by atoms with Gasteiger partial charge in [-0.05, 0) is 47.4 Å². The van der Waals surface area contributed by atoms with Gasteiger partial charge in [-0.2, -0.15) is 5.10 Å². The van der Waals surface area contributed by atoms with E-state index in [4.69, 9.17) is 14.2 Å². The molecule has 0 fully saturated rings. The number of aromatic nitrogens is 2. The number of aromatic amines is 1. The molecular weight excluding hydrogens is 448 g/mol. The third kappa shape index (κ3) is 5.26. The minimum absolute atomic E-state index is 0.445. The van der Waals surface area contributed by atoms with Crippen LogP contribution in [0.2, 0.25) is 0 Å². The van der Waals surface area contributed by atoms with Crippen molar-refractivity contribution in [3.8, 4) is 39.6 Å². The van der Waals surface area contributed by atoms with Crippen molar-refractivity contribution in [3.05, 3.63) is 120 Å². The molecule has 1 N–H and O–H groups in total. The van der Waals surface area contributed by atoms with Crippen LogP contribution in [0.3, 0.4) is 0 Å². The molecule has 5 nitrogen and oxygen atoms in total. The van der Waals surface area contributed by atoms with E-state index in [0.29, 0.717) is 13.2 Å². The molecule has 4 aromatic carbocycles. The molecule has 0 amide bonds. The molecule has 5 aromatic rings. The smallest absolute Gasteiger partial charge is 0.132 e. The van der Waals surface area contributed by atoms with Gasteiger partial charge in [-0.25, -0.2) is 0 Å². The molecule has 0 spiro atoms. The van der Waals surface area contributed by atoms with Crippen LogP contribution in [0, 0.1) is 6.92 Å². The molecule has 0 saturated heterocycles. The van der Waals surface area contributed by atoms with E-state index in [0.717, 1.165) is 56.3 Å². The Labute approximate surface area is 211 Å². The zero-order chi connectivity index (χ0) is 24.7. The SMILES string of the molecule is COc1ccc(-c2cn[nH]c2-c2cc(C)c(OCc3ccccc3)cc2OCc2ccccc2)cc1. The number of aryl methyl sites for hydroxylation is 1. The molecular formula is C31H28N2O3. The van der Waals surface area contributed by atoms with E-state index < -0.39 is 0 Å². The zero-order valence-corrected chi connectivity index (χ0v) is 20.4. The molecule has 180 valence electrons. The molecule has 1 aromatic heterocycles. The quantitative estimate of drug-likeness (QED) is 0.244. The summed E-state index contributed by atoms with van der Waals surface area (Å²) in [4.78, 5) is 0. The second kappa shape index (κ2) is 10.8. The second-order valence-electron chi connectivity index (χ2n) is 8.55. The summed E-state index contributed by atoms with van der Waals surface area (Å²) in [5.74, 6) is 2.33. The van der Waals surface area contributed by atoms with Gasteiger partial charge in [0, 0.05) is 17.2 Å². The minimum atomic E-state index is 0.445. The molecule has 0 unspecified atom stereocenters. The van der Waals surface area contributed by atoms with Crippen LogP contribution in [0.5, 0.6) is 17.2 Å². The fourth-order valence-electron chi connectivity index (χ4n) is 4.09. The van der Waals surface area contributed by atoms with Crippen LogP contribution in [0.1, 0.15) is 16.7 Å². The molecule has 0 bridgehead atoms. The first-order valence-electron chi connectivity index (χ1n) is 11.9. The fourth-order valence-corrected chi connectivity index (χ4v) is 4.09. The summed E-state index contributed by atoms with van der Waals surface area (Å²) < 4.78 is 17.9. The summed E-state index contributed by atoms with van der Waals surface area (Å²) in [6.07, 6.45) is 1.84. The molecule has 0 saturated carbocycles. The molecule has 0 aliphatic carbocycles. The molecule has 36 heavy (non-hydrogen) atoms. The molecule has 5 rings (SSSR count). The standard InChI is InChI=1S/C31H28N2O3/c1-22-17-27(31-28(19-32-33-31)25-13-15-26(34-2)16-14-25)30(36-21-24-11-7-4-8-12-24)18-29(22)35-20-23-9-5-3-6-10-23/h3-19H,20-21H2,1-2H3,(H,32,33). The van der Waals surface area contributed by atoms with Gasteiger partial charge in [0.1, 0.15) is 30.5 Å². The van der Waals surface area contributed by atoms with Crippen molar-refractivity contribution >= 4 is 0 Å². The van der Waals surface area contributed by atoms with Crippen LogP contribution in [-0.4, -0.2) is 17.3 Å². The molecule has 0 atom stereocenters. The number of H-pyrrole nitrogens is 1. The largest absolute Gasteiger partial charge is 0.497 e. The lowest BCUT2D eigenvalue weighted by atomic mass is 9.99. The number of nitrogens with one attached hydrogen (secondary N) is 1. The van der Waals surface area contributed by atoms with Gasteiger partial charge < -0.3 is 14.2 Å². The normalized spacial score (nSPS) is 10.7. The van der Waals surface area contributed by atoms with Gasteiger partial charge in [0.15, 0.2) is 0 Å². The lowest BCUT2D eigenvalue weighted by Gasteiger charge is -2.17. The van der Waals surface area contributed by atoms with Crippen molar-refractivity contribution in [1.29, 1.82) is 0 Å². The summed E-state index contributed by atoms with van der Waals surface area (Å²) in [7, 11) is 1.67. The first kappa shape index (κ1) is 23.2. The van der Waals surface area contributed by atoms with Crippen molar-refractivity contribution in [2.75, 3.05) is 7.11 Å². The van der Waals surface area contributed by atoms with E-state index in [-0.39, 0.29) is 0 Å². The Bertz CT molecular complexity index is 1410. The number of methoxy groups -OCH3 is 1. The highest BCUT2D eigenvalue weighted by atomic mass is 16.5. The highest BCUT2D eigenvalue weighted by molar-refractivity contribution is 5.84. The Morgan fingerprint density at radius 3 is 1.92 bits per heavy atom. The van der Waals surface area contributed by atoms with Crippen molar-refractivity contribution < 1.29 is 14.2 Å². The first-order chi connectivity index (χ1) is 17.7. The second-order valence-corrected chi connectivity index (χ2v) is 8.55. The summed E-state index contributed by atoms with van der Waals surface area (Å²) >= 11 is 0. The van der Waals surface area contributed by atoms with Crippen molar-refractivity contribution in [3.63, 3.8) is 0 Å². The van der Waals surface area contributed by atoms with E-state index in [1.54, 1.807) is 7.11 Å². The van der Waals surface area contributed by atoms with Gasteiger partial charge in [0.25, 0.3) is 0 Å². The third-order valence-corrected chi connectivity index (χ3v) is 6.06. The van der Waals surface area contributed by atoms with Crippen molar-refractivity contribution in [1.82, 2.24) is 10.2 Å². The number of hydrogen-bond donors (Lipinski definition) is 1. The predicted molar refractivity (Wildman–Crippen MR) is 142 cm³/mol. The Hall–Kier alpha value is -4.51. The van der Waals surface area contributed by atoms with Crippen molar-refractivity contribution in [2.24, 2.45) is 0 Å². The van der Waals surface area contributed by atoms with Crippen molar-refractivity contribution in [2.45, 2.75) is 20.1 Å². The Morgan fingerprint density at radius 1 is 0.694 bits per heavy atom. The van der Waals surface area contributed by atoms with Gasteiger partial charge in [0.2, 0.25) is 0 Å². The predicted octanol–water partition coefficient (Wildman–Crippen LogP) is 7.22. The lowest BCUT2D eigenvalue weighted by molar-refractivity contribution is 0.289. The maximum absolute atomic E-state index is 6.37. The summed E-state index contributed by atoms with van der Waals surface area (Å²) in [5.41, 5.74) is 7.07. The van der Waals surface area contributed by atoms with Crippen LogP contribution < -0.4 is 14.2 Å². The van der Waals surface area contributed by atoms with E-state index >= 15 is 0 Å². The Kier molecular flexibility index (Phi) is 6.99. The van der Waals surface area contributed by atoms with Crippen LogP contribution in [0.25, 0.3) is 22.4 Å². The summed E-state index contributed by atoms with van der Waals surface area (Å²) in [6, 6.07) is 32.3. The number of benzene rings is 4. The maximum Gasteiger partial charge on any atom is 0.132 e. The summed E-state index contributed by atoms with van der Waals surface area (Å²) in [5, 5.41) is 7.55. The van der Waals surface area contributed by atoms with E-state index in [1.807, 2.05) is 79.9 Å². The maximum atomic E-state index is 6.37. The average Bonchev–Trinajstić information content (AvgIpc) is 3.42. The summed E-state index contributed by atoms with van der Waals surface area (Å²) in [6.45, 7) is 2.98. The lowest BCUT2D eigenvalue weighted by Crippen LogP contribution is -2.01. The van der Waals surface area contributed by atoms with Crippen LogP contribution in [-0.2, 0) is 13.2 Å². The number of nitrogens with zero attached hydrogens (tertiary/aromatic N) is 1. The molecule has 0 radical (unpaired) electrons. The van der Waals surface area contributed by atoms with Crippen LogP contribution in [0.4, 0.5) is 0 Å². The molecule has 5 heteroatoms. The fraction of sp³-hybridized carbons (Fsp3) is 0.129. The van der Waals surface area contributed by atoms with Gasteiger partial charge in [0.05, 0.1) is 19.0 Å². The topological polar surface area (TPSA) is 56.4 Å². The van der Waals surface area contributed by atoms with Crippen LogP contribution >= 0.6 is 0 Å². The van der Waals surface area contributed by atoms with Crippen LogP contribution in [0.15, 0.2) is 103 Å². The van der Waals surface area contributed by atoms with Gasteiger partial charge >= 0.3 is 0 Å². The molecule has 0 aliphatic rings. The number of rotatable bonds is 9. The number of ether oxygens (including phenoxy) is 3. The average molecular weight is 477 g/mol. The first-order valence-corrected chi connectivity index (χ1v) is 11.9. The third-order valence-electron chi connectivity index (χ3n) is 6.06. The van der Waals surface area contributed by atoms with E-state index in [1.165, 1.54) is 0 Å². The van der Waals surface area contributed by atoms with Gasteiger partial charge in [-0.1, -0.05) is 72.8 Å². The molecule has 0 aliphatic heterocycles. The van der Waals surface area contributed by atoms with Gasteiger partial charge in [-0.15, -0.1) is 0 Å². The monoisotopic (exact) mass is 476 g/mol. The Morgan fingerprint density at radius 2 is 1.31 bits per heavy atom. The van der Waals surface area contributed by atoms with E-state index in [9.17, 15) is 0 Å². The van der Waals surface area contributed by atoms with Gasteiger partial charge in [-0.3, -0.25) is 5.10 Å². The number of hydrogen-bond acceptors (Lipinski definition) is 4. The van der Waals surface area contributed by atoms with E-state index in [2.05, 4.69) is 40.5 Å². The highest BCUT2D eigenvalue weighted by Crippen LogP contribution is 2.40. The minimum Gasteiger partial charge on any atom is -0.497 e. The zero-order valence-electron chi connectivity index (χ0n) is 20.4. The molecule has 1 heterocycles. The highest BCUT2D eigenvalue weighted by Gasteiger charge is 2.18. The Balaban J connectivity index is 1.51.